The van der Waals surface area contributed by atoms with E-state index >= 15 is 0 Å². The molecule has 1 aliphatic carbocycles. The van der Waals surface area contributed by atoms with Crippen LogP contribution in [-0.2, 0) is 11.2 Å². The highest BCUT2D eigenvalue weighted by atomic mass is 19.4. The number of aliphatic hydroxyl groups is 1. The molecular weight excluding hydrogens is 365 g/mol. The van der Waals surface area contributed by atoms with Gasteiger partial charge in [-0.2, -0.15) is 23.3 Å². The molecule has 0 spiro atoms. The van der Waals surface area contributed by atoms with Crippen LogP contribution in [-0.4, -0.2) is 47.9 Å². The van der Waals surface area contributed by atoms with Crippen LogP contribution in [0.15, 0.2) is 23.3 Å². The molecule has 1 N–H and O–H groups in total. The molecule has 2 atom stereocenters. The second-order valence-electron chi connectivity index (χ2n) is 6.69. The number of benzene rings is 1. The molecule has 2 aliphatic rings. The third-order valence-electron chi connectivity index (χ3n) is 5.07. The van der Waals surface area contributed by atoms with Crippen molar-refractivity contribution in [2.24, 2.45) is 11.0 Å². The SMILES string of the molecule is COc1ccc(CC(=O)N2N=C3CCCC[C@@H]3[C@@]2(O)C(F)(F)F)cc1OC. The summed E-state index contributed by atoms with van der Waals surface area (Å²) in [6, 6.07) is 4.63. The zero-order chi connectivity index (χ0) is 19.8. The fraction of sp³-hybridized carbons (Fsp3) is 0.556. The second kappa shape index (κ2) is 7.03. The zero-order valence-corrected chi connectivity index (χ0v) is 15.0. The highest BCUT2D eigenvalue weighted by Crippen LogP contribution is 2.48. The Morgan fingerprint density at radius 2 is 2.00 bits per heavy atom. The van der Waals surface area contributed by atoms with Gasteiger partial charge in [0.15, 0.2) is 11.5 Å². The number of halogens is 3. The van der Waals surface area contributed by atoms with E-state index in [0.717, 1.165) is 0 Å². The smallest absolute Gasteiger partial charge is 0.439 e. The Hall–Kier alpha value is -2.29. The molecule has 148 valence electrons. The van der Waals surface area contributed by atoms with Crippen LogP contribution >= 0.6 is 0 Å². The van der Waals surface area contributed by atoms with Crippen LogP contribution < -0.4 is 9.47 Å². The molecule has 0 radical (unpaired) electrons. The lowest BCUT2D eigenvalue weighted by molar-refractivity contribution is -0.317. The normalized spacial score (nSPS) is 25.0. The van der Waals surface area contributed by atoms with Crippen LogP contribution in [0.2, 0.25) is 0 Å². The molecule has 1 aliphatic heterocycles. The summed E-state index contributed by atoms with van der Waals surface area (Å²) < 4.78 is 51.4. The van der Waals surface area contributed by atoms with Crippen molar-refractivity contribution in [2.45, 2.75) is 44.0 Å². The van der Waals surface area contributed by atoms with Crippen molar-refractivity contribution in [3.8, 4) is 11.5 Å². The number of hydrogen-bond donors (Lipinski definition) is 1. The number of carbonyl (C=O) groups is 1. The van der Waals surface area contributed by atoms with Gasteiger partial charge in [0.2, 0.25) is 5.91 Å². The molecule has 1 aromatic rings. The number of alkyl halides is 3. The number of nitrogens with zero attached hydrogens (tertiary/aromatic N) is 2. The lowest BCUT2D eigenvalue weighted by Gasteiger charge is -2.38. The Balaban J connectivity index is 1.89. The van der Waals surface area contributed by atoms with Gasteiger partial charge in [-0.1, -0.05) is 12.5 Å². The summed E-state index contributed by atoms with van der Waals surface area (Å²) in [6.07, 6.45) is -3.62. The summed E-state index contributed by atoms with van der Waals surface area (Å²) >= 11 is 0. The van der Waals surface area contributed by atoms with E-state index in [-0.39, 0.29) is 23.6 Å². The number of hydrazone groups is 1. The minimum absolute atomic E-state index is 0.148. The van der Waals surface area contributed by atoms with Gasteiger partial charge in [0, 0.05) is 5.71 Å². The quantitative estimate of drug-likeness (QED) is 0.864. The summed E-state index contributed by atoms with van der Waals surface area (Å²) in [5, 5.41) is 14.6. The van der Waals surface area contributed by atoms with Crippen molar-refractivity contribution in [1.82, 2.24) is 5.01 Å². The monoisotopic (exact) mass is 386 g/mol. The molecule has 0 unspecified atom stereocenters. The van der Waals surface area contributed by atoms with E-state index < -0.39 is 23.7 Å². The first kappa shape index (κ1) is 19.5. The number of ether oxygens (including phenoxy) is 2. The fourth-order valence-electron chi connectivity index (χ4n) is 3.70. The van der Waals surface area contributed by atoms with Gasteiger partial charge < -0.3 is 14.6 Å². The standard InChI is InChI=1S/C18H21F3N2O4/c1-26-14-8-7-11(9-15(14)27-2)10-16(24)23-17(25,18(19,20)21)12-5-3-4-6-13(12)22-23/h7-9,12,25H,3-6,10H2,1-2H3/t12-,17+/m0/s1. The van der Waals surface area contributed by atoms with Crippen molar-refractivity contribution in [2.75, 3.05) is 14.2 Å². The van der Waals surface area contributed by atoms with E-state index in [9.17, 15) is 23.1 Å². The van der Waals surface area contributed by atoms with Gasteiger partial charge in [-0.15, -0.1) is 0 Å². The number of hydrogen-bond acceptors (Lipinski definition) is 5. The van der Waals surface area contributed by atoms with Gasteiger partial charge >= 0.3 is 6.18 Å². The average Bonchev–Trinajstić information content (AvgIpc) is 2.96. The fourth-order valence-corrected chi connectivity index (χ4v) is 3.70. The molecule has 1 saturated carbocycles. The topological polar surface area (TPSA) is 71.4 Å². The maximum absolute atomic E-state index is 13.7. The molecule has 1 fully saturated rings. The largest absolute Gasteiger partial charge is 0.493 e. The summed E-state index contributed by atoms with van der Waals surface area (Å²) in [6.45, 7) is 0. The third-order valence-corrected chi connectivity index (χ3v) is 5.07. The van der Waals surface area contributed by atoms with Crippen LogP contribution in [0.25, 0.3) is 0 Å². The van der Waals surface area contributed by atoms with E-state index in [1.54, 1.807) is 12.1 Å². The number of amides is 1. The average molecular weight is 386 g/mol. The molecule has 9 heteroatoms. The zero-order valence-electron chi connectivity index (χ0n) is 15.0. The molecule has 0 aromatic heterocycles. The van der Waals surface area contributed by atoms with Crippen molar-refractivity contribution >= 4 is 11.6 Å². The van der Waals surface area contributed by atoms with Crippen LogP contribution in [0.5, 0.6) is 11.5 Å². The van der Waals surface area contributed by atoms with Gasteiger partial charge in [-0.3, -0.25) is 4.79 Å². The maximum Gasteiger partial charge on any atom is 0.439 e. The molecule has 1 heterocycles. The molecule has 1 amide bonds. The van der Waals surface area contributed by atoms with Gasteiger partial charge in [0.05, 0.1) is 26.6 Å². The molecule has 0 saturated heterocycles. The first-order chi connectivity index (χ1) is 12.7. The van der Waals surface area contributed by atoms with Gasteiger partial charge in [-0.05, 0) is 37.0 Å². The van der Waals surface area contributed by atoms with Gasteiger partial charge in [-0.25, -0.2) is 0 Å². The van der Waals surface area contributed by atoms with E-state index in [4.69, 9.17) is 9.47 Å². The molecule has 0 bridgehead atoms. The van der Waals surface area contributed by atoms with Crippen LogP contribution in [0, 0.1) is 5.92 Å². The maximum atomic E-state index is 13.7. The van der Waals surface area contributed by atoms with Crippen molar-refractivity contribution < 1.29 is 32.5 Å². The predicted molar refractivity (Wildman–Crippen MR) is 90.5 cm³/mol. The van der Waals surface area contributed by atoms with Crippen LogP contribution in [0.1, 0.15) is 31.2 Å². The summed E-state index contributed by atoms with van der Waals surface area (Å²) in [5.74, 6) is -1.34. The van der Waals surface area contributed by atoms with Crippen molar-refractivity contribution in [3.05, 3.63) is 23.8 Å². The Bertz CT molecular complexity index is 765. The van der Waals surface area contributed by atoms with Crippen molar-refractivity contribution in [3.63, 3.8) is 0 Å². The van der Waals surface area contributed by atoms with Crippen LogP contribution in [0.3, 0.4) is 0 Å². The second-order valence-corrected chi connectivity index (χ2v) is 6.69. The van der Waals surface area contributed by atoms with Gasteiger partial charge in [0.25, 0.3) is 5.72 Å². The number of fused-ring (bicyclic) bond motifs is 1. The lowest BCUT2D eigenvalue weighted by atomic mass is 9.80. The van der Waals surface area contributed by atoms with Gasteiger partial charge in [0.1, 0.15) is 0 Å². The number of methoxy groups -OCH3 is 2. The summed E-state index contributed by atoms with van der Waals surface area (Å²) in [7, 11) is 2.87. The van der Waals surface area contributed by atoms with E-state index in [0.29, 0.717) is 36.3 Å². The Labute approximate surface area is 154 Å². The molecule has 27 heavy (non-hydrogen) atoms. The first-order valence-electron chi connectivity index (χ1n) is 8.62. The molecule has 6 nitrogen and oxygen atoms in total. The highest BCUT2D eigenvalue weighted by Gasteiger charge is 2.68. The summed E-state index contributed by atoms with van der Waals surface area (Å²) in [4.78, 5) is 12.7. The number of carbonyl (C=O) groups excluding carboxylic acids is 1. The van der Waals surface area contributed by atoms with Crippen molar-refractivity contribution in [1.29, 1.82) is 0 Å². The minimum atomic E-state index is -5.01. The molecular formula is C18H21F3N2O4. The Morgan fingerprint density at radius 1 is 1.30 bits per heavy atom. The highest BCUT2D eigenvalue weighted by molar-refractivity contribution is 5.93. The van der Waals surface area contributed by atoms with E-state index in [1.165, 1.54) is 20.3 Å². The third kappa shape index (κ3) is 3.24. The minimum Gasteiger partial charge on any atom is -0.493 e. The molecule has 1 aromatic carbocycles. The lowest BCUT2D eigenvalue weighted by Crippen LogP contribution is -2.61. The number of rotatable bonds is 4. The summed E-state index contributed by atoms with van der Waals surface area (Å²) in [5.41, 5.74) is -2.63. The van der Waals surface area contributed by atoms with Crippen LogP contribution in [0.4, 0.5) is 13.2 Å². The predicted octanol–water partition coefficient (Wildman–Crippen LogP) is 2.89. The molecule has 3 rings (SSSR count). The first-order valence-corrected chi connectivity index (χ1v) is 8.62. The Morgan fingerprint density at radius 3 is 2.63 bits per heavy atom. The Kier molecular flexibility index (Phi) is 5.07. The van der Waals surface area contributed by atoms with E-state index in [1.807, 2.05) is 0 Å². The van der Waals surface area contributed by atoms with E-state index in [2.05, 4.69) is 5.10 Å².